The quantitative estimate of drug-likeness (QED) is 0.335. The number of nitrogens with zero attached hydrogens (tertiary/aromatic N) is 3. The number of rotatable bonds is 1. The molecule has 1 aromatic carbocycles. The molecule has 0 aliphatic heterocycles. The van der Waals surface area contributed by atoms with Crippen molar-refractivity contribution in [2.24, 2.45) is 5.11 Å². The molecular weight excluding hydrogens is 206 g/mol. The first kappa shape index (κ1) is 10.2. The number of carbonyl (C=O) groups excluding carboxylic acids is 1. The molecule has 1 unspecified atom stereocenters. The smallest absolute Gasteiger partial charge is 0.131 e. The molecule has 78 valence electrons. The minimum atomic E-state index is -1.08. The van der Waals surface area contributed by atoms with Gasteiger partial charge in [0, 0.05) is 4.91 Å². The molecule has 0 saturated carbocycles. The topological polar surface area (TPSA) is 86.1 Å². The fourth-order valence-corrected chi connectivity index (χ4v) is 1.65. The molecule has 0 fully saturated rings. The van der Waals surface area contributed by atoms with E-state index in [9.17, 15) is 9.90 Å². The Morgan fingerprint density at radius 1 is 1.44 bits per heavy atom. The SMILES string of the molecule is [N-]=[N+]=NC1=Cc2ccccc2C(O)C1=C=O. The first-order valence-electron chi connectivity index (χ1n) is 4.57. The van der Waals surface area contributed by atoms with E-state index in [2.05, 4.69) is 10.0 Å². The van der Waals surface area contributed by atoms with Gasteiger partial charge in [-0.15, -0.1) is 0 Å². The van der Waals surface area contributed by atoms with Crippen LogP contribution in [0, 0.1) is 0 Å². The van der Waals surface area contributed by atoms with E-state index in [1.807, 2.05) is 0 Å². The standard InChI is InChI=1S/C11H7N3O2/c12-14-13-10-5-7-3-1-2-4-8(7)11(16)9(10)6-15/h1-5,11,16H. The molecule has 0 bridgehead atoms. The van der Waals surface area contributed by atoms with Crippen molar-refractivity contribution in [1.29, 1.82) is 0 Å². The second kappa shape index (κ2) is 4.04. The fourth-order valence-electron chi connectivity index (χ4n) is 1.65. The number of fused-ring (bicyclic) bond motifs is 1. The van der Waals surface area contributed by atoms with E-state index < -0.39 is 6.10 Å². The van der Waals surface area contributed by atoms with E-state index in [0.717, 1.165) is 5.56 Å². The Hall–Kier alpha value is -2.32. The largest absolute Gasteiger partial charge is 0.383 e. The molecule has 0 saturated heterocycles. The molecular formula is C11H7N3O2. The molecule has 0 radical (unpaired) electrons. The molecule has 0 aromatic heterocycles. The van der Waals surface area contributed by atoms with E-state index in [4.69, 9.17) is 5.53 Å². The van der Waals surface area contributed by atoms with Crippen molar-refractivity contribution in [1.82, 2.24) is 0 Å². The van der Waals surface area contributed by atoms with Crippen molar-refractivity contribution in [2.45, 2.75) is 6.10 Å². The summed E-state index contributed by atoms with van der Waals surface area (Å²) in [6.07, 6.45) is 0.473. The molecule has 1 aromatic rings. The predicted molar refractivity (Wildman–Crippen MR) is 57.7 cm³/mol. The van der Waals surface area contributed by atoms with Gasteiger partial charge in [0.1, 0.15) is 12.0 Å². The third kappa shape index (κ3) is 1.51. The number of azide groups is 1. The highest BCUT2D eigenvalue weighted by atomic mass is 16.3. The Morgan fingerprint density at radius 3 is 2.88 bits per heavy atom. The maximum Gasteiger partial charge on any atom is 0.131 e. The highest BCUT2D eigenvalue weighted by molar-refractivity contribution is 5.75. The zero-order valence-corrected chi connectivity index (χ0v) is 8.16. The van der Waals surface area contributed by atoms with Crippen LogP contribution in [0.3, 0.4) is 0 Å². The summed E-state index contributed by atoms with van der Waals surface area (Å²) >= 11 is 0. The monoisotopic (exact) mass is 213 g/mol. The van der Waals surface area contributed by atoms with Crippen LogP contribution in [-0.2, 0) is 4.79 Å². The summed E-state index contributed by atoms with van der Waals surface area (Å²) in [5.74, 6) is 1.61. The van der Waals surface area contributed by atoms with Crippen LogP contribution < -0.4 is 0 Å². The van der Waals surface area contributed by atoms with Gasteiger partial charge in [-0.1, -0.05) is 29.4 Å². The molecule has 0 heterocycles. The Balaban J connectivity index is 2.69. The van der Waals surface area contributed by atoms with Gasteiger partial charge in [-0.25, -0.2) is 4.79 Å². The number of aliphatic hydroxyl groups excluding tert-OH is 1. The molecule has 5 nitrogen and oxygen atoms in total. The van der Waals surface area contributed by atoms with Crippen LogP contribution in [0.4, 0.5) is 0 Å². The maximum atomic E-state index is 10.7. The van der Waals surface area contributed by atoms with E-state index in [1.165, 1.54) is 0 Å². The van der Waals surface area contributed by atoms with Gasteiger partial charge in [-0.05, 0) is 22.7 Å². The van der Waals surface area contributed by atoms with Crippen LogP contribution in [0.15, 0.2) is 40.6 Å². The molecule has 0 amide bonds. The normalized spacial score (nSPS) is 17.9. The Bertz CT molecular complexity index is 564. The van der Waals surface area contributed by atoms with Gasteiger partial charge in [0.15, 0.2) is 0 Å². The number of hydrogen-bond acceptors (Lipinski definition) is 3. The molecule has 16 heavy (non-hydrogen) atoms. The van der Waals surface area contributed by atoms with Crippen LogP contribution in [0.2, 0.25) is 0 Å². The fraction of sp³-hybridized carbons (Fsp3) is 0.0909. The highest BCUT2D eigenvalue weighted by Gasteiger charge is 2.24. The predicted octanol–water partition coefficient (Wildman–Crippen LogP) is 2.14. The van der Waals surface area contributed by atoms with Crippen molar-refractivity contribution in [3.8, 4) is 0 Å². The Morgan fingerprint density at radius 2 is 2.19 bits per heavy atom. The second-order valence-electron chi connectivity index (χ2n) is 3.27. The molecule has 1 aliphatic rings. The lowest BCUT2D eigenvalue weighted by Gasteiger charge is -2.20. The van der Waals surface area contributed by atoms with Crippen LogP contribution >= 0.6 is 0 Å². The van der Waals surface area contributed by atoms with Gasteiger partial charge in [-0.3, -0.25) is 0 Å². The first-order valence-corrected chi connectivity index (χ1v) is 4.57. The van der Waals surface area contributed by atoms with E-state index in [1.54, 1.807) is 36.3 Å². The van der Waals surface area contributed by atoms with Crippen molar-refractivity contribution in [3.63, 3.8) is 0 Å². The third-order valence-corrected chi connectivity index (χ3v) is 2.39. The van der Waals surface area contributed by atoms with Crippen LogP contribution in [-0.4, -0.2) is 11.0 Å². The van der Waals surface area contributed by atoms with Gasteiger partial charge in [0.2, 0.25) is 0 Å². The zero-order chi connectivity index (χ0) is 11.5. The lowest BCUT2D eigenvalue weighted by molar-refractivity contribution is 0.217. The van der Waals surface area contributed by atoms with Gasteiger partial charge in [0.05, 0.1) is 11.3 Å². The lowest BCUT2D eigenvalue weighted by atomic mass is 9.90. The molecule has 5 heteroatoms. The lowest BCUT2D eigenvalue weighted by Crippen LogP contribution is -2.10. The Kier molecular flexibility index (Phi) is 2.58. The van der Waals surface area contributed by atoms with Crippen LogP contribution in [0.5, 0.6) is 0 Å². The van der Waals surface area contributed by atoms with Crippen LogP contribution in [0.1, 0.15) is 17.2 Å². The van der Waals surface area contributed by atoms with E-state index >= 15 is 0 Å². The molecule has 1 N–H and O–H groups in total. The van der Waals surface area contributed by atoms with Crippen molar-refractivity contribution >= 4 is 12.0 Å². The van der Waals surface area contributed by atoms with Crippen LogP contribution in [0.25, 0.3) is 16.5 Å². The number of hydrogen-bond donors (Lipinski definition) is 1. The van der Waals surface area contributed by atoms with Gasteiger partial charge in [0.25, 0.3) is 0 Å². The van der Waals surface area contributed by atoms with Crippen molar-refractivity contribution in [2.75, 3.05) is 0 Å². The summed E-state index contributed by atoms with van der Waals surface area (Å²) in [4.78, 5) is 13.3. The molecule has 1 aliphatic carbocycles. The minimum Gasteiger partial charge on any atom is -0.383 e. The van der Waals surface area contributed by atoms with Crippen molar-refractivity contribution < 1.29 is 9.90 Å². The Labute approximate surface area is 91.0 Å². The summed E-state index contributed by atoms with van der Waals surface area (Å²) in [6, 6.07) is 7.04. The summed E-state index contributed by atoms with van der Waals surface area (Å²) in [5.41, 5.74) is 9.78. The average Bonchev–Trinajstić information content (AvgIpc) is 2.30. The summed E-state index contributed by atoms with van der Waals surface area (Å²) in [7, 11) is 0. The number of benzene rings is 1. The minimum absolute atomic E-state index is 0.0310. The number of aliphatic hydroxyl groups is 1. The third-order valence-electron chi connectivity index (χ3n) is 2.39. The van der Waals surface area contributed by atoms with Gasteiger partial charge < -0.3 is 5.11 Å². The van der Waals surface area contributed by atoms with E-state index in [0.29, 0.717) is 5.56 Å². The average molecular weight is 213 g/mol. The second-order valence-corrected chi connectivity index (χ2v) is 3.27. The van der Waals surface area contributed by atoms with Crippen molar-refractivity contribution in [3.05, 3.63) is 57.1 Å². The molecule has 2 rings (SSSR count). The summed E-state index contributed by atoms with van der Waals surface area (Å²) in [6.45, 7) is 0. The van der Waals surface area contributed by atoms with E-state index in [-0.39, 0.29) is 11.3 Å². The zero-order valence-electron chi connectivity index (χ0n) is 8.16. The summed E-state index contributed by atoms with van der Waals surface area (Å²) in [5, 5.41) is 13.3. The highest BCUT2D eigenvalue weighted by Crippen LogP contribution is 2.35. The van der Waals surface area contributed by atoms with Gasteiger partial charge >= 0.3 is 0 Å². The summed E-state index contributed by atoms with van der Waals surface area (Å²) < 4.78 is 0. The molecule has 0 spiro atoms. The first-order chi connectivity index (χ1) is 7.77. The maximum absolute atomic E-state index is 10.7. The molecule has 1 atom stereocenters. The van der Waals surface area contributed by atoms with Gasteiger partial charge in [-0.2, -0.15) is 0 Å².